The lowest BCUT2D eigenvalue weighted by Gasteiger charge is -2.00. The highest BCUT2D eigenvalue weighted by Crippen LogP contribution is 1.95. The van der Waals surface area contributed by atoms with Crippen LogP contribution in [0.3, 0.4) is 0 Å². The van der Waals surface area contributed by atoms with E-state index in [0.29, 0.717) is 6.42 Å². The first-order valence-corrected chi connectivity index (χ1v) is 3.54. The Kier molecular flexibility index (Phi) is 3.38. The van der Waals surface area contributed by atoms with E-state index in [-0.39, 0.29) is 5.91 Å². The number of rotatable bonds is 3. The second-order valence-electron chi connectivity index (χ2n) is 2.27. The molecule has 0 aromatic carbocycles. The Balaban J connectivity index is 2.47. The largest absolute Gasteiger partial charge is 0.412 e. The number of carbonyl (C=O) groups is 1. The SMILES string of the molecule is [B][B]NC(=O)Cc1cccnc1. The molecule has 1 aromatic rings. The van der Waals surface area contributed by atoms with Crippen LogP contribution in [0.25, 0.3) is 0 Å². The molecule has 0 aliphatic carbocycles. The molecule has 0 aliphatic heterocycles. The summed E-state index contributed by atoms with van der Waals surface area (Å²) in [4.78, 5) is 14.8. The summed E-state index contributed by atoms with van der Waals surface area (Å²) < 4.78 is 0. The van der Waals surface area contributed by atoms with Crippen LogP contribution >= 0.6 is 0 Å². The van der Waals surface area contributed by atoms with Gasteiger partial charge in [-0.2, -0.15) is 0 Å². The zero-order valence-electron chi connectivity index (χ0n) is 6.53. The van der Waals surface area contributed by atoms with Gasteiger partial charge < -0.3 is 5.23 Å². The number of pyridine rings is 1. The summed E-state index contributed by atoms with van der Waals surface area (Å²) >= 11 is 0. The topological polar surface area (TPSA) is 42.0 Å². The number of nitrogens with zero attached hydrogens (tertiary/aromatic N) is 1. The molecule has 1 heterocycles. The minimum absolute atomic E-state index is 0.134. The van der Waals surface area contributed by atoms with Crippen LogP contribution in [-0.2, 0) is 11.2 Å². The molecule has 3 radical (unpaired) electrons. The second kappa shape index (κ2) is 4.59. The van der Waals surface area contributed by atoms with Crippen LogP contribution in [0.1, 0.15) is 5.56 Å². The maximum absolute atomic E-state index is 11.0. The summed E-state index contributed by atoms with van der Waals surface area (Å²) in [6.07, 6.45) is 3.62. The molecule has 1 rings (SSSR count). The van der Waals surface area contributed by atoms with Gasteiger partial charge in [0.1, 0.15) is 0 Å². The summed E-state index contributed by atoms with van der Waals surface area (Å²) in [5.74, 6) is -0.134. The molecular formula is C7H7B2N2O. The monoisotopic (exact) mass is 157 g/mol. The van der Waals surface area contributed by atoms with E-state index in [1.165, 1.54) is 0 Å². The predicted octanol–water partition coefficient (Wildman–Crippen LogP) is -0.557. The Bertz CT molecular complexity index is 253. The zero-order valence-corrected chi connectivity index (χ0v) is 6.53. The third kappa shape index (κ3) is 2.78. The maximum atomic E-state index is 11.0. The van der Waals surface area contributed by atoms with Crippen molar-refractivity contribution in [3.63, 3.8) is 0 Å². The van der Waals surface area contributed by atoms with Gasteiger partial charge in [-0.05, 0) is 11.6 Å². The van der Waals surface area contributed by atoms with Gasteiger partial charge in [0.15, 0.2) is 7.31 Å². The first-order chi connectivity index (χ1) is 5.83. The van der Waals surface area contributed by atoms with Gasteiger partial charge >= 0.3 is 0 Å². The first kappa shape index (κ1) is 8.84. The molecule has 57 valence electrons. The van der Waals surface area contributed by atoms with Crippen LogP contribution in [0.5, 0.6) is 0 Å². The molecule has 0 saturated carbocycles. The van der Waals surface area contributed by atoms with E-state index in [9.17, 15) is 4.79 Å². The van der Waals surface area contributed by atoms with E-state index in [1.54, 1.807) is 18.5 Å². The van der Waals surface area contributed by atoms with Crippen molar-refractivity contribution in [1.82, 2.24) is 10.2 Å². The Morgan fingerprint density at radius 3 is 3.17 bits per heavy atom. The molecular weight excluding hydrogens is 150 g/mol. The van der Waals surface area contributed by atoms with Gasteiger partial charge in [0, 0.05) is 20.1 Å². The maximum Gasteiger partial charge on any atom is 0.211 e. The molecule has 3 nitrogen and oxygen atoms in total. The van der Waals surface area contributed by atoms with Crippen molar-refractivity contribution in [2.75, 3.05) is 0 Å². The molecule has 0 saturated heterocycles. The molecule has 1 N–H and O–H groups in total. The summed E-state index contributed by atoms with van der Waals surface area (Å²) in [5, 5.41) is 2.38. The van der Waals surface area contributed by atoms with Gasteiger partial charge in [-0.15, -0.1) is 0 Å². The number of hydrogen-bond donors (Lipinski definition) is 1. The van der Waals surface area contributed by atoms with Crippen molar-refractivity contribution < 1.29 is 4.79 Å². The molecule has 0 spiro atoms. The van der Waals surface area contributed by atoms with Crippen LogP contribution in [0.4, 0.5) is 0 Å². The van der Waals surface area contributed by atoms with Crippen LogP contribution in [0.15, 0.2) is 24.5 Å². The standard InChI is InChI=1S/C7H7B2N2O/c8-9-11-7(12)4-6-2-1-3-10-5-6/h1-3,5H,4H2,(H,11,12). The van der Waals surface area contributed by atoms with E-state index >= 15 is 0 Å². The lowest BCUT2D eigenvalue weighted by molar-refractivity contribution is -0.118. The fraction of sp³-hybridized carbons (Fsp3) is 0.143. The summed E-state index contributed by atoms with van der Waals surface area (Å²) in [5.41, 5.74) is 0.872. The summed E-state index contributed by atoms with van der Waals surface area (Å²) in [7, 11) is 6.13. The fourth-order valence-corrected chi connectivity index (χ4v) is 0.832. The van der Waals surface area contributed by atoms with E-state index in [2.05, 4.69) is 10.2 Å². The molecule has 1 aromatic heterocycles. The average Bonchev–Trinajstić information content (AvgIpc) is 2.06. The van der Waals surface area contributed by atoms with Gasteiger partial charge in [0.2, 0.25) is 5.91 Å². The molecule has 12 heavy (non-hydrogen) atoms. The molecule has 5 heteroatoms. The molecule has 0 atom stereocenters. The number of aromatic nitrogens is 1. The Morgan fingerprint density at radius 1 is 1.75 bits per heavy atom. The van der Waals surface area contributed by atoms with Crippen molar-refractivity contribution in [3.8, 4) is 0 Å². The van der Waals surface area contributed by atoms with Gasteiger partial charge in [-0.1, -0.05) is 6.07 Å². The van der Waals surface area contributed by atoms with Gasteiger partial charge in [0.05, 0.1) is 6.42 Å². The summed E-state index contributed by atoms with van der Waals surface area (Å²) in [6, 6.07) is 3.62. The molecule has 1 amide bonds. The Hall–Kier alpha value is -1.25. The molecule has 0 unspecified atom stereocenters. The van der Waals surface area contributed by atoms with Crippen molar-refractivity contribution in [3.05, 3.63) is 30.1 Å². The van der Waals surface area contributed by atoms with Crippen molar-refractivity contribution in [2.45, 2.75) is 6.42 Å². The van der Waals surface area contributed by atoms with Crippen LogP contribution < -0.4 is 5.23 Å². The number of carbonyl (C=O) groups excluding carboxylic acids is 1. The minimum Gasteiger partial charge on any atom is -0.412 e. The average molecular weight is 157 g/mol. The number of nitrogens with one attached hydrogen (secondary N) is 1. The third-order valence-corrected chi connectivity index (χ3v) is 1.33. The van der Waals surface area contributed by atoms with Gasteiger partial charge in [-0.3, -0.25) is 9.78 Å². The Morgan fingerprint density at radius 2 is 2.58 bits per heavy atom. The smallest absolute Gasteiger partial charge is 0.211 e. The van der Waals surface area contributed by atoms with E-state index in [0.717, 1.165) is 12.9 Å². The van der Waals surface area contributed by atoms with Crippen LogP contribution in [0.2, 0.25) is 0 Å². The number of amides is 1. The fourth-order valence-electron chi connectivity index (χ4n) is 0.832. The molecule has 0 aliphatic rings. The Labute approximate surface area is 73.2 Å². The lowest BCUT2D eigenvalue weighted by atomic mass is 9.67. The van der Waals surface area contributed by atoms with E-state index < -0.39 is 0 Å². The third-order valence-electron chi connectivity index (χ3n) is 1.33. The highest BCUT2D eigenvalue weighted by molar-refractivity contribution is 6.89. The van der Waals surface area contributed by atoms with Crippen molar-refractivity contribution in [1.29, 1.82) is 0 Å². The predicted molar refractivity (Wildman–Crippen MR) is 47.6 cm³/mol. The van der Waals surface area contributed by atoms with Gasteiger partial charge in [-0.25, -0.2) is 0 Å². The minimum atomic E-state index is -0.134. The van der Waals surface area contributed by atoms with Crippen LogP contribution in [-0.4, -0.2) is 25.9 Å². The highest BCUT2D eigenvalue weighted by atomic mass is 16.1. The molecule has 0 bridgehead atoms. The summed E-state index contributed by atoms with van der Waals surface area (Å²) in [6.45, 7) is 0. The van der Waals surface area contributed by atoms with Crippen molar-refractivity contribution in [2.24, 2.45) is 0 Å². The zero-order chi connectivity index (χ0) is 8.81. The van der Waals surface area contributed by atoms with Crippen molar-refractivity contribution >= 4 is 20.9 Å². The van der Waals surface area contributed by atoms with E-state index in [4.69, 9.17) is 7.74 Å². The quantitative estimate of drug-likeness (QED) is 0.597. The second-order valence-corrected chi connectivity index (χ2v) is 2.27. The first-order valence-electron chi connectivity index (χ1n) is 3.54. The molecule has 0 fully saturated rings. The normalized spacial score (nSPS) is 9.00. The lowest BCUT2D eigenvalue weighted by Crippen LogP contribution is -2.28. The number of hydrogen-bond acceptors (Lipinski definition) is 2. The van der Waals surface area contributed by atoms with Gasteiger partial charge in [0.25, 0.3) is 0 Å². The van der Waals surface area contributed by atoms with Crippen LogP contribution in [0, 0.1) is 0 Å². The highest BCUT2D eigenvalue weighted by Gasteiger charge is 1.99. The van der Waals surface area contributed by atoms with E-state index in [1.807, 2.05) is 6.07 Å².